The molecular weight excluding hydrogens is 182 g/mol. The first-order chi connectivity index (χ1) is 6.79. The Labute approximate surface area is 84.2 Å². The van der Waals surface area contributed by atoms with E-state index in [4.69, 9.17) is 4.74 Å². The Morgan fingerprint density at radius 3 is 3.07 bits per heavy atom. The molecule has 1 aliphatic heterocycles. The lowest BCUT2D eigenvalue weighted by molar-refractivity contribution is -0.111. The van der Waals surface area contributed by atoms with E-state index in [0.29, 0.717) is 13.2 Å². The van der Waals surface area contributed by atoms with Crippen molar-refractivity contribution >= 4 is 12.4 Å². The van der Waals surface area contributed by atoms with Gasteiger partial charge in [0.1, 0.15) is 6.29 Å². The lowest BCUT2D eigenvalue weighted by Crippen LogP contribution is -2.36. The van der Waals surface area contributed by atoms with E-state index >= 15 is 0 Å². The molecule has 0 aromatic heterocycles. The third-order valence-corrected chi connectivity index (χ3v) is 2.41. The van der Waals surface area contributed by atoms with E-state index in [-0.39, 0.29) is 12.1 Å². The zero-order valence-corrected chi connectivity index (χ0v) is 8.57. The van der Waals surface area contributed by atoms with Crippen molar-refractivity contribution in [2.24, 2.45) is 0 Å². The summed E-state index contributed by atoms with van der Waals surface area (Å²) in [6.07, 6.45) is 4.04. The zero-order valence-electron chi connectivity index (χ0n) is 8.57. The Morgan fingerprint density at radius 1 is 1.64 bits per heavy atom. The summed E-state index contributed by atoms with van der Waals surface area (Å²) in [6.45, 7) is 3.14. The highest BCUT2D eigenvalue weighted by Gasteiger charge is 2.29. The summed E-state index contributed by atoms with van der Waals surface area (Å²) in [6, 6.07) is -0.260. The molecule has 4 nitrogen and oxygen atoms in total. The molecule has 1 rings (SSSR count). The molecule has 4 heteroatoms. The minimum absolute atomic E-state index is 0.260. The van der Waals surface area contributed by atoms with E-state index in [2.05, 4.69) is 0 Å². The molecule has 0 aromatic rings. The molecule has 1 atom stereocenters. The van der Waals surface area contributed by atoms with Crippen LogP contribution in [0.25, 0.3) is 0 Å². The Morgan fingerprint density at radius 2 is 2.43 bits per heavy atom. The number of rotatable bonds is 4. The average molecular weight is 199 g/mol. The summed E-state index contributed by atoms with van der Waals surface area (Å²) in [5, 5.41) is 0. The molecule has 0 aromatic carbocycles. The van der Waals surface area contributed by atoms with Gasteiger partial charge in [0, 0.05) is 6.54 Å². The highest BCUT2D eigenvalue weighted by Crippen LogP contribution is 2.16. The highest BCUT2D eigenvalue weighted by molar-refractivity contribution is 5.74. The smallest absolute Gasteiger partial charge is 0.410 e. The van der Waals surface area contributed by atoms with Gasteiger partial charge in [0.15, 0.2) is 0 Å². The zero-order chi connectivity index (χ0) is 10.4. The van der Waals surface area contributed by atoms with E-state index < -0.39 is 0 Å². The number of carbonyl (C=O) groups excluding carboxylic acids is 2. The van der Waals surface area contributed by atoms with Gasteiger partial charge < -0.3 is 9.53 Å². The molecule has 1 aliphatic rings. The van der Waals surface area contributed by atoms with Crippen molar-refractivity contribution < 1.29 is 14.3 Å². The van der Waals surface area contributed by atoms with Crippen molar-refractivity contribution in [1.82, 2.24) is 4.90 Å². The first-order valence-electron chi connectivity index (χ1n) is 5.18. The molecule has 14 heavy (non-hydrogen) atoms. The fourth-order valence-corrected chi connectivity index (χ4v) is 1.55. The molecule has 0 aliphatic carbocycles. The third kappa shape index (κ3) is 2.72. The predicted octanol–water partition coefficient (Wildman–Crippen LogP) is 1.59. The van der Waals surface area contributed by atoms with Crippen molar-refractivity contribution in [1.29, 1.82) is 0 Å². The van der Waals surface area contributed by atoms with Crippen molar-refractivity contribution in [2.45, 2.75) is 38.6 Å². The molecule has 1 saturated heterocycles. The number of carbonyl (C=O) groups is 2. The fraction of sp³-hybridized carbons (Fsp3) is 0.800. The number of amides is 1. The van der Waals surface area contributed by atoms with Gasteiger partial charge in [0.05, 0.1) is 12.6 Å². The van der Waals surface area contributed by atoms with Gasteiger partial charge in [-0.05, 0) is 19.3 Å². The topological polar surface area (TPSA) is 46.6 Å². The van der Waals surface area contributed by atoms with E-state index in [1.807, 2.05) is 6.92 Å². The molecule has 1 amide bonds. The van der Waals surface area contributed by atoms with Crippen LogP contribution >= 0.6 is 0 Å². The van der Waals surface area contributed by atoms with Crippen LogP contribution in [0.5, 0.6) is 0 Å². The Hall–Kier alpha value is -1.06. The lowest BCUT2D eigenvalue weighted by atomic mass is 10.2. The van der Waals surface area contributed by atoms with Crippen LogP contribution in [0.3, 0.4) is 0 Å². The maximum atomic E-state index is 11.4. The van der Waals surface area contributed by atoms with Crippen LogP contribution in [0.1, 0.15) is 32.6 Å². The van der Waals surface area contributed by atoms with Crippen molar-refractivity contribution in [2.75, 3.05) is 13.2 Å². The largest absolute Gasteiger partial charge is 0.449 e. The van der Waals surface area contributed by atoms with E-state index in [1.165, 1.54) is 4.90 Å². The molecule has 80 valence electrons. The quantitative estimate of drug-likeness (QED) is 0.510. The van der Waals surface area contributed by atoms with Gasteiger partial charge in [0.2, 0.25) is 0 Å². The Balaban J connectivity index is 2.32. The van der Waals surface area contributed by atoms with Crippen molar-refractivity contribution in [3.63, 3.8) is 0 Å². The summed E-state index contributed by atoms with van der Waals surface area (Å²) in [7, 11) is 0. The second-order valence-corrected chi connectivity index (χ2v) is 3.51. The van der Waals surface area contributed by atoms with Gasteiger partial charge in [-0.2, -0.15) is 0 Å². The monoisotopic (exact) mass is 199 g/mol. The van der Waals surface area contributed by atoms with Crippen LogP contribution in [-0.4, -0.2) is 36.5 Å². The van der Waals surface area contributed by atoms with Crippen LogP contribution in [0.4, 0.5) is 4.79 Å². The third-order valence-electron chi connectivity index (χ3n) is 2.41. The van der Waals surface area contributed by atoms with Gasteiger partial charge in [-0.3, -0.25) is 4.90 Å². The van der Waals surface area contributed by atoms with Crippen LogP contribution in [-0.2, 0) is 9.53 Å². The molecule has 0 bridgehead atoms. The van der Waals surface area contributed by atoms with Crippen molar-refractivity contribution in [3.05, 3.63) is 0 Å². The van der Waals surface area contributed by atoms with Crippen LogP contribution < -0.4 is 0 Å². The Bertz CT molecular complexity index is 206. The molecular formula is C10H17NO3. The van der Waals surface area contributed by atoms with Gasteiger partial charge in [0.25, 0.3) is 0 Å². The van der Waals surface area contributed by atoms with Crippen LogP contribution in [0.2, 0.25) is 0 Å². The molecule has 0 N–H and O–H groups in total. The van der Waals surface area contributed by atoms with Gasteiger partial charge in [-0.25, -0.2) is 4.79 Å². The molecule has 1 heterocycles. The second kappa shape index (κ2) is 5.62. The maximum absolute atomic E-state index is 11.4. The minimum atomic E-state index is -0.340. The molecule has 0 spiro atoms. The van der Waals surface area contributed by atoms with Crippen LogP contribution in [0, 0.1) is 0 Å². The van der Waals surface area contributed by atoms with E-state index in [0.717, 1.165) is 32.0 Å². The normalized spacial score (nSPS) is 20.9. The standard InChI is InChI=1S/C10H17NO3/c1-2-3-7-14-10(13)11-6-4-5-9(11)8-12/h8-9H,2-7H2,1H3. The Kier molecular flexibility index (Phi) is 4.43. The number of likely N-dealkylation sites (tertiary alicyclic amines) is 1. The number of ether oxygens (including phenoxy) is 1. The summed E-state index contributed by atoms with van der Waals surface area (Å²) >= 11 is 0. The number of hydrogen-bond acceptors (Lipinski definition) is 3. The number of nitrogens with zero attached hydrogens (tertiary/aromatic N) is 1. The second-order valence-electron chi connectivity index (χ2n) is 3.51. The molecule has 1 fully saturated rings. The van der Waals surface area contributed by atoms with Gasteiger partial charge in [-0.15, -0.1) is 0 Å². The minimum Gasteiger partial charge on any atom is -0.449 e. The molecule has 0 saturated carbocycles. The number of aldehydes is 1. The first-order valence-corrected chi connectivity index (χ1v) is 5.18. The summed E-state index contributed by atoms with van der Waals surface area (Å²) < 4.78 is 5.03. The van der Waals surface area contributed by atoms with Crippen molar-refractivity contribution in [3.8, 4) is 0 Å². The van der Waals surface area contributed by atoms with Gasteiger partial charge in [-0.1, -0.05) is 13.3 Å². The van der Waals surface area contributed by atoms with Gasteiger partial charge >= 0.3 is 6.09 Å². The summed E-state index contributed by atoms with van der Waals surface area (Å²) in [5.74, 6) is 0. The first kappa shape index (κ1) is 11.0. The summed E-state index contributed by atoms with van der Waals surface area (Å²) in [4.78, 5) is 23.6. The fourth-order valence-electron chi connectivity index (χ4n) is 1.55. The SMILES string of the molecule is CCCCOC(=O)N1CCCC1C=O. The highest BCUT2D eigenvalue weighted by atomic mass is 16.6. The number of unbranched alkanes of at least 4 members (excludes halogenated alkanes) is 1. The predicted molar refractivity (Wildman–Crippen MR) is 52.0 cm³/mol. The molecule has 1 unspecified atom stereocenters. The van der Waals surface area contributed by atoms with E-state index in [1.54, 1.807) is 0 Å². The average Bonchev–Trinajstić information content (AvgIpc) is 2.65. The van der Waals surface area contributed by atoms with Crippen LogP contribution in [0.15, 0.2) is 0 Å². The number of hydrogen-bond donors (Lipinski definition) is 0. The summed E-state index contributed by atoms with van der Waals surface area (Å²) in [5.41, 5.74) is 0. The lowest BCUT2D eigenvalue weighted by Gasteiger charge is -2.19. The van der Waals surface area contributed by atoms with E-state index in [9.17, 15) is 9.59 Å². The molecule has 0 radical (unpaired) electrons. The maximum Gasteiger partial charge on any atom is 0.410 e.